The van der Waals surface area contributed by atoms with Gasteiger partial charge in [0, 0.05) is 25.2 Å². The SMILES string of the molecule is N#Cc1cnn2c(N3CCC(O)C3)c(-c3c(F)cc(F)cc3F)c(Cl)nc12. The van der Waals surface area contributed by atoms with E-state index in [9.17, 15) is 23.5 Å². The lowest BCUT2D eigenvalue weighted by atomic mass is 10.1. The highest BCUT2D eigenvalue weighted by Crippen LogP contribution is 2.40. The number of aromatic nitrogens is 3. The molecule has 1 N–H and O–H groups in total. The highest BCUT2D eigenvalue weighted by Gasteiger charge is 2.31. The second kappa shape index (κ2) is 6.40. The van der Waals surface area contributed by atoms with Crippen LogP contribution in [0.3, 0.4) is 0 Å². The molecule has 138 valence electrons. The molecule has 0 spiro atoms. The van der Waals surface area contributed by atoms with Gasteiger partial charge in [-0.1, -0.05) is 11.6 Å². The average Bonchev–Trinajstić information content (AvgIpc) is 3.20. The fourth-order valence-corrected chi connectivity index (χ4v) is 3.51. The third-order valence-corrected chi connectivity index (χ3v) is 4.69. The number of nitriles is 1. The molecule has 27 heavy (non-hydrogen) atoms. The first-order chi connectivity index (χ1) is 12.9. The predicted molar refractivity (Wildman–Crippen MR) is 90.9 cm³/mol. The van der Waals surface area contributed by atoms with Gasteiger partial charge in [-0.25, -0.2) is 18.2 Å². The van der Waals surface area contributed by atoms with Crippen LogP contribution in [-0.4, -0.2) is 38.9 Å². The first-order valence-electron chi connectivity index (χ1n) is 7.96. The molecule has 0 radical (unpaired) electrons. The molecular weight excluding hydrogens is 383 g/mol. The zero-order chi connectivity index (χ0) is 19.3. The van der Waals surface area contributed by atoms with Crippen LogP contribution in [0.5, 0.6) is 0 Å². The number of aliphatic hydroxyl groups excluding tert-OH is 1. The van der Waals surface area contributed by atoms with E-state index in [1.807, 2.05) is 6.07 Å². The van der Waals surface area contributed by atoms with E-state index in [-0.39, 0.29) is 34.3 Å². The molecule has 0 bridgehead atoms. The molecule has 3 aromatic rings. The summed E-state index contributed by atoms with van der Waals surface area (Å²) in [5.41, 5.74) is -0.433. The summed E-state index contributed by atoms with van der Waals surface area (Å²) in [6, 6.07) is 3.02. The van der Waals surface area contributed by atoms with Crippen molar-refractivity contribution in [3.63, 3.8) is 0 Å². The summed E-state index contributed by atoms with van der Waals surface area (Å²) in [7, 11) is 0. The van der Waals surface area contributed by atoms with E-state index in [1.54, 1.807) is 4.90 Å². The predicted octanol–water partition coefficient (Wildman–Crippen LogP) is 2.91. The lowest BCUT2D eigenvalue weighted by molar-refractivity contribution is 0.198. The van der Waals surface area contributed by atoms with Gasteiger partial charge in [0.2, 0.25) is 0 Å². The number of fused-ring (bicyclic) bond motifs is 1. The Morgan fingerprint density at radius 1 is 1.22 bits per heavy atom. The van der Waals surface area contributed by atoms with Gasteiger partial charge >= 0.3 is 0 Å². The van der Waals surface area contributed by atoms with Crippen molar-refractivity contribution in [3.8, 4) is 17.2 Å². The second-order valence-corrected chi connectivity index (χ2v) is 6.50. The molecule has 0 aliphatic carbocycles. The van der Waals surface area contributed by atoms with E-state index in [0.717, 1.165) is 0 Å². The van der Waals surface area contributed by atoms with E-state index in [2.05, 4.69) is 10.1 Å². The van der Waals surface area contributed by atoms with Crippen LogP contribution in [0.25, 0.3) is 16.8 Å². The topological polar surface area (TPSA) is 77.5 Å². The van der Waals surface area contributed by atoms with Crippen molar-refractivity contribution in [2.45, 2.75) is 12.5 Å². The van der Waals surface area contributed by atoms with Crippen LogP contribution in [0.15, 0.2) is 18.3 Å². The van der Waals surface area contributed by atoms with Crippen LogP contribution in [0.4, 0.5) is 19.0 Å². The van der Waals surface area contributed by atoms with E-state index < -0.39 is 29.1 Å². The molecule has 10 heteroatoms. The molecule has 1 atom stereocenters. The Bertz CT molecular complexity index is 1090. The summed E-state index contributed by atoms with van der Waals surface area (Å²) in [5, 5.41) is 22.9. The van der Waals surface area contributed by atoms with E-state index >= 15 is 0 Å². The lowest BCUT2D eigenvalue weighted by Crippen LogP contribution is -2.25. The molecule has 1 unspecified atom stereocenters. The zero-order valence-electron chi connectivity index (χ0n) is 13.6. The summed E-state index contributed by atoms with van der Waals surface area (Å²) in [6.45, 7) is 0.546. The molecule has 4 rings (SSSR count). The summed E-state index contributed by atoms with van der Waals surface area (Å²) >= 11 is 6.25. The standard InChI is InChI=1S/C17H11ClF3N5O/c18-15-14(13-11(20)3-9(19)4-12(13)21)17(25-2-1-10(27)7-25)26-16(24-15)8(5-22)6-23-26/h3-4,6,10,27H,1-2,7H2. The molecule has 2 aromatic heterocycles. The maximum Gasteiger partial charge on any atom is 0.176 e. The maximum atomic E-state index is 14.5. The number of benzene rings is 1. The van der Waals surface area contributed by atoms with Gasteiger partial charge in [-0.05, 0) is 6.42 Å². The Balaban J connectivity index is 2.09. The van der Waals surface area contributed by atoms with Crippen molar-refractivity contribution in [1.82, 2.24) is 14.6 Å². The van der Waals surface area contributed by atoms with Crippen molar-refractivity contribution in [2.75, 3.05) is 18.0 Å². The third-order valence-electron chi connectivity index (χ3n) is 4.42. The molecule has 1 aliphatic heterocycles. The van der Waals surface area contributed by atoms with Crippen LogP contribution in [0.1, 0.15) is 12.0 Å². The van der Waals surface area contributed by atoms with Crippen molar-refractivity contribution in [2.24, 2.45) is 0 Å². The number of nitrogens with zero attached hydrogens (tertiary/aromatic N) is 5. The Labute approximate surface area is 156 Å². The van der Waals surface area contributed by atoms with Crippen molar-refractivity contribution in [1.29, 1.82) is 5.26 Å². The lowest BCUT2D eigenvalue weighted by Gasteiger charge is -2.23. The highest BCUT2D eigenvalue weighted by atomic mass is 35.5. The van der Waals surface area contributed by atoms with E-state index in [1.165, 1.54) is 10.7 Å². The van der Waals surface area contributed by atoms with Crippen LogP contribution in [0, 0.1) is 28.8 Å². The summed E-state index contributed by atoms with van der Waals surface area (Å²) in [5.74, 6) is -3.19. The highest BCUT2D eigenvalue weighted by molar-refractivity contribution is 6.33. The van der Waals surface area contributed by atoms with Gasteiger partial charge in [-0.15, -0.1) is 0 Å². The number of hydrogen-bond donors (Lipinski definition) is 1. The third kappa shape index (κ3) is 2.78. The quantitative estimate of drug-likeness (QED) is 0.677. The zero-order valence-corrected chi connectivity index (χ0v) is 14.4. The molecule has 1 aromatic carbocycles. The molecule has 3 heterocycles. The molecule has 6 nitrogen and oxygen atoms in total. The number of hydrogen-bond acceptors (Lipinski definition) is 5. The minimum Gasteiger partial charge on any atom is -0.391 e. The largest absolute Gasteiger partial charge is 0.391 e. The van der Waals surface area contributed by atoms with Crippen molar-refractivity contribution >= 4 is 23.1 Å². The molecule has 0 saturated carbocycles. The van der Waals surface area contributed by atoms with Gasteiger partial charge in [0.05, 0.1) is 23.4 Å². The minimum absolute atomic E-state index is 0.116. The Kier molecular flexibility index (Phi) is 4.17. The Morgan fingerprint density at radius 3 is 2.52 bits per heavy atom. The first kappa shape index (κ1) is 17.6. The number of aliphatic hydroxyl groups is 1. The molecule has 0 amide bonds. The second-order valence-electron chi connectivity index (χ2n) is 6.14. The van der Waals surface area contributed by atoms with Gasteiger partial charge < -0.3 is 10.0 Å². The van der Waals surface area contributed by atoms with Crippen molar-refractivity contribution < 1.29 is 18.3 Å². The molecular formula is C17H11ClF3N5O. The summed E-state index contributed by atoms with van der Waals surface area (Å²) in [4.78, 5) is 5.72. The summed E-state index contributed by atoms with van der Waals surface area (Å²) in [6.07, 6.45) is 1.05. The number of β-amino-alcohol motifs (C(OH)–C–C–N with tert-alkyl or cyclic N) is 1. The Hall–Kier alpha value is -2.83. The van der Waals surface area contributed by atoms with Crippen molar-refractivity contribution in [3.05, 3.63) is 46.5 Å². The Morgan fingerprint density at radius 2 is 1.93 bits per heavy atom. The van der Waals surface area contributed by atoms with Gasteiger partial charge in [0.15, 0.2) is 5.65 Å². The number of rotatable bonds is 2. The fraction of sp³-hybridized carbons (Fsp3) is 0.235. The van der Waals surface area contributed by atoms with Crippen LogP contribution >= 0.6 is 11.6 Å². The van der Waals surface area contributed by atoms with Crippen LogP contribution < -0.4 is 4.90 Å². The fourth-order valence-electron chi connectivity index (χ4n) is 3.25. The smallest absolute Gasteiger partial charge is 0.176 e. The van der Waals surface area contributed by atoms with E-state index in [4.69, 9.17) is 11.6 Å². The van der Waals surface area contributed by atoms with Crippen LogP contribution in [-0.2, 0) is 0 Å². The van der Waals surface area contributed by atoms with Gasteiger partial charge in [0.25, 0.3) is 0 Å². The first-order valence-corrected chi connectivity index (χ1v) is 8.33. The molecule has 1 saturated heterocycles. The summed E-state index contributed by atoms with van der Waals surface area (Å²) < 4.78 is 43.6. The number of halogens is 4. The monoisotopic (exact) mass is 393 g/mol. The van der Waals surface area contributed by atoms with Gasteiger partial charge in [-0.2, -0.15) is 14.9 Å². The molecule has 1 aliphatic rings. The van der Waals surface area contributed by atoms with Gasteiger partial charge in [-0.3, -0.25) is 0 Å². The van der Waals surface area contributed by atoms with E-state index in [0.29, 0.717) is 25.1 Å². The normalized spacial score (nSPS) is 16.9. The van der Waals surface area contributed by atoms with Gasteiger partial charge in [0.1, 0.15) is 40.1 Å². The van der Waals surface area contributed by atoms with Crippen LogP contribution in [0.2, 0.25) is 5.15 Å². The molecule has 1 fully saturated rings. The number of anilines is 1. The average molecular weight is 394 g/mol. The maximum absolute atomic E-state index is 14.5. The minimum atomic E-state index is -1.15.